The summed E-state index contributed by atoms with van der Waals surface area (Å²) in [5.74, 6) is -0.0747. The van der Waals surface area contributed by atoms with E-state index in [2.05, 4.69) is 32.5 Å². The molecule has 1 fully saturated rings. The monoisotopic (exact) mass is 350 g/mol. The van der Waals surface area contributed by atoms with Crippen LogP contribution in [0.1, 0.15) is 21.5 Å². The molecule has 0 saturated carbocycles. The molecule has 0 unspecified atom stereocenters. The van der Waals surface area contributed by atoms with E-state index in [9.17, 15) is 4.79 Å². The lowest BCUT2D eigenvalue weighted by atomic mass is 10.1. The second kappa shape index (κ2) is 7.68. The van der Waals surface area contributed by atoms with Gasteiger partial charge in [-0.2, -0.15) is 5.10 Å². The zero-order valence-electron chi connectivity index (χ0n) is 14.6. The topological polar surface area (TPSA) is 70.2 Å². The van der Waals surface area contributed by atoms with Gasteiger partial charge < -0.3 is 10.1 Å². The van der Waals surface area contributed by atoms with Crippen molar-refractivity contribution >= 4 is 16.8 Å². The molecule has 2 N–H and O–H groups in total. The maximum Gasteiger partial charge on any atom is 0.251 e. The van der Waals surface area contributed by atoms with E-state index >= 15 is 0 Å². The molecular weight excluding hydrogens is 328 g/mol. The highest BCUT2D eigenvalue weighted by atomic mass is 16.5. The summed E-state index contributed by atoms with van der Waals surface area (Å²) in [7, 11) is 0. The summed E-state index contributed by atoms with van der Waals surface area (Å²) in [5, 5.41) is 10.9. The Labute approximate surface area is 152 Å². The second-order valence-corrected chi connectivity index (χ2v) is 6.51. The third-order valence-electron chi connectivity index (χ3n) is 4.76. The first kappa shape index (κ1) is 16.8. The maximum atomic E-state index is 12.5. The van der Waals surface area contributed by atoms with E-state index in [1.165, 1.54) is 5.56 Å². The first-order chi connectivity index (χ1) is 12.8. The molecule has 2 heterocycles. The summed E-state index contributed by atoms with van der Waals surface area (Å²) in [6, 6.07) is 13.8. The minimum atomic E-state index is -0.0747. The normalized spacial score (nSPS) is 15.2. The fourth-order valence-corrected chi connectivity index (χ4v) is 3.25. The van der Waals surface area contributed by atoms with E-state index in [-0.39, 0.29) is 5.91 Å². The highest BCUT2D eigenvalue weighted by Gasteiger charge is 2.13. The average Bonchev–Trinajstić information content (AvgIpc) is 3.16. The Kier molecular flexibility index (Phi) is 4.95. The van der Waals surface area contributed by atoms with E-state index in [0.717, 1.165) is 49.3 Å². The lowest BCUT2D eigenvalue weighted by molar-refractivity contribution is 0.0340. The van der Waals surface area contributed by atoms with Crippen molar-refractivity contribution in [2.75, 3.05) is 26.3 Å². The molecule has 1 aliphatic heterocycles. The molecule has 0 radical (unpaired) electrons. The first-order valence-corrected chi connectivity index (χ1v) is 8.88. The van der Waals surface area contributed by atoms with E-state index in [1.807, 2.05) is 30.3 Å². The van der Waals surface area contributed by atoms with Crippen molar-refractivity contribution in [2.45, 2.75) is 13.1 Å². The van der Waals surface area contributed by atoms with Crippen molar-refractivity contribution in [3.05, 3.63) is 65.4 Å². The number of hydrogen-bond donors (Lipinski definition) is 2. The molecule has 1 aliphatic rings. The van der Waals surface area contributed by atoms with E-state index < -0.39 is 0 Å². The van der Waals surface area contributed by atoms with Crippen LogP contribution in [0, 0.1) is 0 Å². The summed E-state index contributed by atoms with van der Waals surface area (Å²) < 4.78 is 5.41. The fourth-order valence-electron chi connectivity index (χ4n) is 3.25. The number of rotatable bonds is 5. The third-order valence-corrected chi connectivity index (χ3v) is 4.76. The van der Waals surface area contributed by atoms with Crippen LogP contribution in [0.5, 0.6) is 0 Å². The predicted molar refractivity (Wildman–Crippen MR) is 99.8 cm³/mol. The molecule has 6 nitrogen and oxygen atoms in total. The minimum absolute atomic E-state index is 0.0747. The van der Waals surface area contributed by atoms with Gasteiger partial charge in [-0.05, 0) is 29.3 Å². The van der Waals surface area contributed by atoms with Gasteiger partial charge in [0.1, 0.15) is 0 Å². The number of amides is 1. The number of ether oxygens (including phenoxy) is 1. The van der Waals surface area contributed by atoms with Crippen LogP contribution in [-0.2, 0) is 17.8 Å². The number of carbonyl (C=O) groups excluding carboxylic acids is 1. The number of aromatic nitrogens is 2. The van der Waals surface area contributed by atoms with E-state index in [0.29, 0.717) is 12.1 Å². The first-order valence-electron chi connectivity index (χ1n) is 8.88. The number of aromatic amines is 1. The molecule has 0 bridgehead atoms. The van der Waals surface area contributed by atoms with Crippen molar-refractivity contribution in [3.8, 4) is 0 Å². The minimum Gasteiger partial charge on any atom is -0.379 e. The number of benzene rings is 2. The molecule has 0 aliphatic carbocycles. The van der Waals surface area contributed by atoms with Gasteiger partial charge in [0, 0.05) is 37.1 Å². The number of nitrogens with zero attached hydrogens (tertiary/aromatic N) is 2. The molecule has 6 heteroatoms. The van der Waals surface area contributed by atoms with E-state index in [1.54, 1.807) is 6.20 Å². The van der Waals surface area contributed by atoms with Crippen molar-refractivity contribution in [2.24, 2.45) is 0 Å². The number of nitrogens with one attached hydrogen (secondary N) is 2. The zero-order chi connectivity index (χ0) is 17.8. The highest BCUT2D eigenvalue weighted by Crippen LogP contribution is 2.15. The van der Waals surface area contributed by atoms with Crippen molar-refractivity contribution in [1.82, 2.24) is 20.4 Å². The SMILES string of the molecule is O=C(NCc1ccccc1CN1CCOCC1)c1ccc2[nH]ncc2c1. The summed E-state index contributed by atoms with van der Waals surface area (Å²) in [6.45, 7) is 4.88. The van der Waals surface area contributed by atoms with Crippen LogP contribution in [0.3, 0.4) is 0 Å². The Morgan fingerprint density at radius 3 is 2.81 bits per heavy atom. The molecule has 3 aromatic rings. The summed E-state index contributed by atoms with van der Waals surface area (Å²) in [4.78, 5) is 14.9. The van der Waals surface area contributed by atoms with Gasteiger partial charge in [0.2, 0.25) is 0 Å². The molecule has 1 saturated heterocycles. The van der Waals surface area contributed by atoms with Crippen LogP contribution in [-0.4, -0.2) is 47.3 Å². The van der Waals surface area contributed by atoms with Crippen LogP contribution in [0.4, 0.5) is 0 Å². The Bertz CT molecular complexity index is 899. The molecule has 2 aromatic carbocycles. The Balaban J connectivity index is 1.42. The summed E-state index contributed by atoms with van der Waals surface area (Å²) in [6.07, 6.45) is 1.73. The fraction of sp³-hybridized carbons (Fsp3) is 0.300. The van der Waals surface area contributed by atoms with Gasteiger partial charge in [0.15, 0.2) is 0 Å². The standard InChI is InChI=1S/C20H22N4O2/c25-20(15-5-6-19-18(11-15)13-22-23-19)21-12-16-3-1-2-4-17(16)14-24-7-9-26-10-8-24/h1-6,11,13H,7-10,12,14H2,(H,21,25)(H,22,23). The van der Waals surface area contributed by atoms with Crippen molar-refractivity contribution < 1.29 is 9.53 Å². The molecule has 0 spiro atoms. The van der Waals surface area contributed by atoms with Crippen LogP contribution in [0.15, 0.2) is 48.7 Å². The summed E-state index contributed by atoms with van der Waals surface area (Å²) >= 11 is 0. The van der Waals surface area contributed by atoms with Gasteiger partial charge >= 0.3 is 0 Å². The van der Waals surface area contributed by atoms with Gasteiger partial charge in [-0.3, -0.25) is 14.8 Å². The molecule has 134 valence electrons. The predicted octanol–water partition coefficient (Wildman–Crippen LogP) is 2.33. The number of fused-ring (bicyclic) bond motifs is 1. The van der Waals surface area contributed by atoms with Gasteiger partial charge in [-0.1, -0.05) is 24.3 Å². The average molecular weight is 350 g/mol. The van der Waals surface area contributed by atoms with E-state index in [4.69, 9.17) is 4.74 Å². The molecule has 1 amide bonds. The van der Waals surface area contributed by atoms with Gasteiger partial charge in [0.05, 0.1) is 24.9 Å². The van der Waals surface area contributed by atoms with Crippen molar-refractivity contribution in [1.29, 1.82) is 0 Å². The maximum absolute atomic E-state index is 12.5. The van der Waals surface area contributed by atoms with Gasteiger partial charge in [-0.25, -0.2) is 0 Å². The van der Waals surface area contributed by atoms with Crippen LogP contribution in [0.2, 0.25) is 0 Å². The zero-order valence-corrected chi connectivity index (χ0v) is 14.6. The number of hydrogen-bond acceptors (Lipinski definition) is 4. The van der Waals surface area contributed by atoms with Gasteiger partial charge in [-0.15, -0.1) is 0 Å². The summed E-state index contributed by atoms with van der Waals surface area (Å²) in [5.41, 5.74) is 3.97. The van der Waals surface area contributed by atoms with Crippen molar-refractivity contribution in [3.63, 3.8) is 0 Å². The van der Waals surface area contributed by atoms with Crippen LogP contribution in [0.25, 0.3) is 10.9 Å². The quantitative estimate of drug-likeness (QED) is 0.741. The van der Waals surface area contributed by atoms with Gasteiger partial charge in [0.25, 0.3) is 5.91 Å². The second-order valence-electron chi connectivity index (χ2n) is 6.51. The molecular formula is C20H22N4O2. The molecule has 4 rings (SSSR count). The Morgan fingerprint density at radius 1 is 1.15 bits per heavy atom. The number of carbonyl (C=O) groups is 1. The molecule has 26 heavy (non-hydrogen) atoms. The Morgan fingerprint density at radius 2 is 1.96 bits per heavy atom. The van der Waals surface area contributed by atoms with Crippen LogP contribution < -0.4 is 5.32 Å². The lowest BCUT2D eigenvalue weighted by Crippen LogP contribution is -2.36. The number of morpholine rings is 1. The Hall–Kier alpha value is -2.70. The molecule has 0 atom stereocenters. The smallest absolute Gasteiger partial charge is 0.251 e. The largest absolute Gasteiger partial charge is 0.379 e. The third kappa shape index (κ3) is 3.76. The molecule has 1 aromatic heterocycles. The van der Waals surface area contributed by atoms with Crippen LogP contribution >= 0.6 is 0 Å². The highest BCUT2D eigenvalue weighted by molar-refractivity contribution is 5.97. The number of H-pyrrole nitrogens is 1. The lowest BCUT2D eigenvalue weighted by Gasteiger charge is -2.27.